The van der Waals surface area contributed by atoms with Crippen molar-refractivity contribution in [3.05, 3.63) is 53.7 Å². The molecule has 0 atom stereocenters. The molecule has 1 amide bonds. The summed E-state index contributed by atoms with van der Waals surface area (Å²) >= 11 is 0. The van der Waals surface area contributed by atoms with Crippen LogP contribution < -0.4 is 5.32 Å². The highest BCUT2D eigenvalue weighted by Crippen LogP contribution is 2.26. The van der Waals surface area contributed by atoms with E-state index in [4.69, 9.17) is 0 Å². The van der Waals surface area contributed by atoms with Crippen molar-refractivity contribution in [3.8, 4) is 11.1 Å². The molecule has 0 saturated heterocycles. The maximum absolute atomic E-state index is 13.3. The van der Waals surface area contributed by atoms with E-state index in [1.165, 1.54) is 18.3 Å². The van der Waals surface area contributed by atoms with E-state index in [1.54, 1.807) is 30.1 Å². The van der Waals surface area contributed by atoms with Gasteiger partial charge in [0.1, 0.15) is 11.6 Å². The SMILES string of the molecule is Cc1c(C(=O)Nc2[nH]ncc2-c2cccc(F)c2)cnn1C. The van der Waals surface area contributed by atoms with Gasteiger partial charge in [-0.25, -0.2) is 4.39 Å². The van der Waals surface area contributed by atoms with E-state index in [2.05, 4.69) is 20.6 Å². The molecule has 2 N–H and O–H groups in total. The molecular formula is C15H14FN5O. The number of anilines is 1. The summed E-state index contributed by atoms with van der Waals surface area (Å²) in [6.45, 7) is 1.81. The van der Waals surface area contributed by atoms with E-state index in [9.17, 15) is 9.18 Å². The van der Waals surface area contributed by atoms with Gasteiger partial charge in [-0.3, -0.25) is 14.6 Å². The predicted molar refractivity (Wildman–Crippen MR) is 79.9 cm³/mol. The summed E-state index contributed by atoms with van der Waals surface area (Å²) in [5, 5.41) is 13.4. The zero-order valence-electron chi connectivity index (χ0n) is 12.1. The quantitative estimate of drug-likeness (QED) is 0.780. The number of carbonyl (C=O) groups is 1. The van der Waals surface area contributed by atoms with Crippen LogP contribution in [-0.2, 0) is 7.05 Å². The lowest BCUT2D eigenvalue weighted by molar-refractivity contribution is 0.102. The van der Waals surface area contributed by atoms with Gasteiger partial charge in [-0.05, 0) is 24.6 Å². The summed E-state index contributed by atoms with van der Waals surface area (Å²) in [5.74, 6) is -0.231. The highest BCUT2D eigenvalue weighted by Gasteiger charge is 2.16. The number of amides is 1. The zero-order valence-corrected chi connectivity index (χ0v) is 12.1. The maximum atomic E-state index is 13.3. The zero-order chi connectivity index (χ0) is 15.7. The average Bonchev–Trinajstić information content (AvgIpc) is 3.07. The summed E-state index contributed by atoms with van der Waals surface area (Å²) in [7, 11) is 1.76. The summed E-state index contributed by atoms with van der Waals surface area (Å²) in [6.07, 6.45) is 3.05. The fraction of sp³-hybridized carbons (Fsp3) is 0.133. The first-order valence-electron chi connectivity index (χ1n) is 6.65. The van der Waals surface area contributed by atoms with E-state index in [0.29, 0.717) is 22.5 Å². The Morgan fingerprint density at radius 2 is 2.18 bits per heavy atom. The predicted octanol–water partition coefficient (Wildman–Crippen LogP) is 2.51. The van der Waals surface area contributed by atoms with Crippen LogP contribution in [0.5, 0.6) is 0 Å². The molecule has 0 bridgehead atoms. The molecule has 1 aromatic carbocycles. The van der Waals surface area contributed by atoms with Crippen molar-refractivity contribution in [2.45, 2.75) is 6.92 Å². The van der Waals surface area contributed by atoms with E-state index in [-0.39, 0.29) is 11.7 Å². The third-order valence-corrected chi connectivity index (χ3v) is 3.49. The fourth-order valence-electron chi connectivity index (χ4n) is 2.16. The van der Waals surface area contributed by atoms with Gasteiger partial charge in [0.05, 0.1) is 18.0 Å². The molecule has 112 valence electrons. The Kier molecular flexibility index (Phi) is 3.46. The largest absolute Gasteiger partial charge is 0.306 e. The van der Waals surface area contributed by atoms with Crippen molar-refractivity contribution in [1.82, 2.24) is 20.0 Å². The second-order valence-electron chi connectivity index (χ2n) is 4.89. The maximum Gasteiger partial charge on any atom is 0.260 e. The smallest absolute Gasteiger partial charge is 0.260 e. The van der Waals surface area contributed by atoms with Crippen LogP contribution in [0.25, 0.3) is 11.1 Å². The van der Waals surface area contributed by atoms with E-state index >= 15 is 0 Å². The minimum Gasteiger partial charge on any atom is -0.306 e. The molecule has 0 radical (unpaired) electrons. The van der Waals surface area contributed by atoms with Crippen molar-refractivity contribution >= 4 is 11.7 Å². The number of aromatic amines is 1. The number of nitrogens with one attached hydrogen (secondary N) is 2. The van der Waals surface area contributed by atoms with Crippen molar-refractivity contribution in [3.63, 3.8) is 0 Å². The number of hydrogen-bond donors (Lipinski definition) is 2. The van der Waals surface area contributed by atoms with Crippen molar-refractivity contribution in [1.29, 1.82) is 0 Å². The van der Waals surface area contributed by atoms with Crippen molar-refractivity contribution in [2.75, 3.05) is 5.32 Å². The van der Waals surface area contributed by atoms with E-state index < -0.39 is 0 Å². The minimum absolute atomic E-state index is 0.299. The second-order valence-corrected chi connectivity index (χ2v) is 4.89. The highest BCUT2D eigenvalue weighted by atomic mass is 19.1. The number of rotatable bonds is 3. The average molecular weight is 299 g/mol. The van der Waals surface area contributed by atoms with Gasteiger partial charge in [-0.15, -0.1) is 0 Å². The van der Waals surface area contributed by atoms with Gasteiger partial charge in [0.25, 0.3) is 5.91 Å². The molecule has 2 aromatic heterocycles. The number of aryl methyl sites for hydroxylation is 1. The first-order valence-corrected chi connectivity index (χ1v) is 6.65. The monoisotopic (exact) mass is 299 g/mol. The third kappa shape index (κ3) is 2.48. The van der Waals surface area contributed by atoms with Crippen LogP contribution in [0.3, 0.4) is 0 Å². The molecule has 0 aliphatic rings. The molecule has 22 heavy (non-hydrogen) atoms. The van der Waals surface area contributed by atoms with Gasteiger partial charge in [0.2, 0.25) is 0 Å². The molecule has 0 spiro atoms. The van der Waals surface area contributed by atoms with Crippen LogP contribution in [0.2, 0.25) is 0 Å². The first kappa shape index (κ1) is 14.0. The number of nitrogens with zero attached hydrogens (tertiary/aromatic N) is 3. The van der Waals surface area contributed by atoms with Crippen LogP contribution in [0.15, 0.2) is 36.7 Å². The van der Waals surface area contributed by atoms with Gasteiger partial charge < -0.3 is 5.32 Å². The third-order valence-electron chi connectivity index (χ3n) is 3.49. The summed E-state index contributed by atoms with van der Waals surface area (Å²) < 4.78 is 15.0. The molecule has 0 saturated carbocycles. The Hall–Kier alpha value is -2.96. The number of halogens is 1. The number of H-pyrrole nitrogens is 1. The molecule has 0 aliphatic carbocycles. The normalized spacial score (nSPS) is 10.7. The summed E-state index contributed by atoms with van der Waals surface area (Å²) in [4.78, 5) is 12.3. The molecule has 0 aliphatic heterocycles. The molecule has 6 nitrogen and oxygen atoms in total. The fourth-order valence-corrected chi connectivity index (χ4v) is 2.16. The van der Waals surface area contributed by atoms with Crippen molar-refractivity contribution < 1.29 is 9.18 Å². The number of hydrogen-bond acceptors (Lipinski definition) is 3. The van der Waals surface area contributed by atoms with Crippen LogP contribution in [-0.4, -0.2) is 25.9 Å². The Bertz CT molecular complexity index is 836. The summed E-state index contributed by atoms with van der Waals surface area (Å²) in [5.41, 5.74) is 2.48. The lowest BCUT2D eigenvalue weighted by Crippen LogP contribution is -2.13. The molecule has 2 heterocycles. The molecular weight excluding hydrogens is 285 g/mol. The highest BCUT2D eigenvalue weighted by molar-refractivity contribution is 6.06. The molecule has 3 rings (SSSR count). The molecule has 3 aromatic rings. The first-order chi connectivity index (χ1) is 10.6. The molecule has 0 fully saturated rings. The lowest BCUT2D eigenvalue weighted by atomic mass is 10.1. The number of benzene rings is 1. The van der Waals surface area contributed by atoms with Crippen LogP contribution in [0, 0.1) is 12.7 Å². The standard InChI is InChI=1S/C15H14FN5O/c1-9-12(8-18-21(9)2)15(22)19-14-13(7-17-20-14)10-4-3-5-11(16)6-10/h3-8H,1-2H3,(H2,17,19,20,22). The second kappa shape index (κ2) is 5.44. The number of aromatic nitrogens is 4. The molecule has 7 heteroatoms. The molecule has 0 unspecified atom stereocenters. The Balaban J connectivity index is 1.90. The Labute approximate surface area is 126 Å². The van der Waals surface area contributed by atoms with Gasteiger partial charge >= 0.3 is 0 Å². The summed E-state index contributed by atoms with van der Waals surface area (Å²) in [6, 6.07) is 6.10. The van der Waals surface area contributed by atoms with Gasteiger partial charge in [-0.2, -0.15) is 10.2 Å². The van der Waals surface area contributed by atoms with Crippen LogP contribution in [0.4, 0.5) is 10.2 Å². The van der Waals surface area contributed by atoms with Gasteiger partial charge in [0.15, 0.2) is 0 Å². The Morgan fingerprint density at radius 3 is 2.86 bits per heavy atom. The minimum atomic E-state index is -0.348. The van der Waals surface area contributed by atoms with Crippen LogP contribution >= 0.6 is 0 Å². The van der Waals surface area contributed by atoms with E-state index in [1.807, 2.05) is 6.92 Å². The van der Waals surface area contributed by atoms with Gasteiger partial charge in [-0.1, -0.05) is 12.1 Å². The number of carbonyl (C=O) groups excluding carboxylic acids is 1. The van der Waals surface area contributed by atoms with Crippen LogP contribution in [0.1, 0.15) is 16.1 Å². The Morgan fingerprint density at radius 1 is 1.36 bits per heavy atom. The topological polar surface area (TPSA) is 75.6 Å². The lowest BCUT2D eigenvalue weighted by Gasteiger charge is -2.06. The van der Waals surface area contributed by atoms with Crippen molar-refractivity contribution in [2.24, 2.45) is 7.05 Å². The van der Waals surface area contributed by atoms with Gasteiger partial charge in [0, 0.05) is 18.3 Å². The van der Waals surface area contributed by atoms with E-state index in [0.717, 1.165) is 5.69 Å².